The fourth-order valence-electron chi connectivity index (χ4n) is 1.20. The zero-order chi connectivity index (χ0) is 9.73. The van der Waals surface area contributed by atoms with Gasteiger partial charge >= 0.3 is 0 Å². The van der Waals surface area contributed by atoms with Crippen LogP contribution in [-0.2, 0) is 18.9 Å². The van der Waals surface area contributed by atoms with E-state index in [1.807, 2.05) is 13.8 Å². The van der Waals surface area contributed by atoms with E-state index in [1.165, 1.54) is 0 Å². The summed E-state index contributed by atoms with van der Waals surface area (Å²) in [7, 11) is 1.65. The normalized spacial score (nSPS) is 21.6. The van der Waals surface area contributed by atoms with Gasteiger partial charge in [-0.25, -0.2) is 0 Å². The monoisotopic (exact) mass is 238 g/mol. The second kappa shape index (κ2) is 10.0. The van der Waals surface area contributed by atoms with E-state index < -0.39 is 5.79 Å². The predicted octanol–water partition coefficient (Wildman–Crippen LogP) is 2.71. The Balaban J connectivity index is -0.000000563. The number of methoxy groups -OCH3 is 1. The number of ether oxygens (including phenoxy) is 4. The average Bonchev–Trinajstić information content (AvgIpc) is 2.40. The Hall–Kier alpha value is -0.160. The maximum Gasteiger partial charge on any atom is 0.163 e. The molecule has 4 heteroatoms. The summed E-state index contributed by atoms with van der Waals surface area (Å²) >= 11 is 0. The maximum absolute atomic E-state index is 5.54. The van der Waals surface area contributed by atoms with E-state index in [-0.39, 0.29) is 28.4 Å². The van der Waals surface area contributed by atoms with E-state index in [2.05, 4.69) is 0 Å². The first-order valence-corrected chi connectivity index (χ1v) is 4.52. The minimum atomic E-state index is -0.449. The Kier molecular flexibility index (Phi) is 13.3. The van der Waals surface area contributed by atoms with Crippen LogP contribution in [0.25, 0.3) is 0 Å². The predicted molar refractivity (Wildman–Crippen MR) is 67.8 cm³/mol. The lowest BCUT2D eigenvalue weighted by Gasteiger charge is -2.16. The summed E-state index contributed by atoms with van der Waals surface area (Å²) in [6.45, 7) is 6.23. The van der Waals surface area contributed by atoms with Crippen molar-refractivity contribution >= 4 is 0 Å². The number of rotatable bonds is 5. The van der Waals surface area contributed by atoms with Gasteiger partial charge in [0.2, 0.25) is 0 Å². The molecule has 0 aromatic rings. The van der Waals surface area contributed by atoms with E-state index in [0.717, 1.165) is 0 Å². The highest BCUT2D eigenvalue weighted by Crippen LogP contribution is 2.22. The molecule has 1 saturated heterocycles. The molecule has 0 aromatic heterocycles. The van der Waals surface area contributed by atoms with Crippen LogP contribution < -0.4 is 0 Å². The standard InChI is InChI=1S/C9H18O4.3CH4/c1-9(2)12-7-8(13-9)6-11-5-4-10-3;;;/h8H,4-7H2,1-3H3;3*1H4. The number of hydrogen-bond acceptors (Lipinski definition) is 4. The van der Waals surface area contributed by atoms with Gasteiger partial charge in [-0.3, -0.25) is 0 Å². The van der Waals surface area contributed by atoms with Gasteiger partial charge in [0, 0.05) is 7.11 Å². The minimum absolute atomic E-state index is 0. The Morgan fingerprint density at radius 2 is 1.81 bits per heavy atom. The highest BCUT2D eigenvalue weighted by Gasteiger charge is 2.32. The maximum atomic E-state index is 5.54. The van der Waals surface area contributed by atoms with Crippen LogP contribution in [0.4, 0.5) is 0 Å². The molecule has 0 N–H and O–H groups in total. The molecule has 1 unspecified atom stereocenters. The molecule has 1 rings (SSSR count). The van der Waals surface area contributed by atoms with Gasteiger partial charge < -0.3 is 18.9 Å². The van der Waals surface area contributed by atoms with E-state index in [9.17, 15) is 0 Å². The van der Waals surface area contributed by atoms with Crippen molar-refractivity contribution in [1.82, 2.24) is 0 Å². The van der Waals surface area contributed by atoms with Crippen molar-refractivity contribution in [1.29, 1.82) is 0 Å². The van der Waals surface area contributed by atoms with Crippen molar-refractivity contribution in [2.75, 3.05) is 33.5 Å². The quantitative estimate of drug-likeness (QED) is 0.690. The molecule has 1 heterocycles. The van der Waals surface area contributed by atoms with Crippen molar-refractivity contribution in [2.24, 2.45) is 0 Å². The Morgan fingerprint density at radius 3 is 2.25 bits per heavy atom. The summed E-state index contributed by atoms with van der Waals surface area (Å²) < 4.78 is 21.1. The fraction of sp³-hybridized carbons (Fsp3) is 1.00. The molecule has 0 aliphatic carbocycles. The second-order valence-corrected chi connectivity index (χ2v) is 3.52. The van der Waals surface area contributed by atoms with E-state index in [1.54, 1.807) is 7.11 Å². The van der Waals surface area contributed by atoms with Crippen LogP contribution in [0.5, 0.6) is 0 Å². The van der Waals surface area contributed by atoms with Gasteiger partial charge in [0.25, 0.3) is 0 Å². The average molecular weight is 238 g/mol. The Morgan fingerprint density at radius 1 is 1.19 bits per heavy atom. The Labute approximate surface area is 101 Å². The molecular formula is C12H30O4. The Bertz CT molecular complexity index is 148. The molecule has 1 aliphatic heterocycles. The lowest BCUT2D eigenvalue weighted by atomic mass is 10.4. The van der Waals surface area contributed by atoms with Crippen molar-refractivity contribution in [3.8, 4) is 0 Å². The molecule has 0 spiro atoms. The summed E-state index contributed by atoms with van der Waals surface area (Å²) in [6, 6.07) is 0. The smallest absolute Gasteiger partial charge is 0.163 e. The molecule has 0 saturated carbocycles. The van der Waals surface area contributed by atoms with Crippen LogP contribution in [0.2, 0.25) is 0 Å². The van der Waals surface area contributed by atoms with Crippen molar-refractivity contribution < 1.29 is 18.9 Å². The van der Waals surface area contributed by atoms with E-state index in [0.29, 0.717) is 26.4 Å². The molecule has 0 radical (unpaired) electrons. The molecule has 0 bridgehead atoms. The molecule has 1 atom stereocenters. The lowest BCUT2D eigenvalue weighted by Crippen LogP contribution is -2.24. The van der Waals surface area contributed by atoms with Crippen LogP contribution in [0.3, 0.4) is 0 Å². The molecule has 16 heavy (non-hydrogen) atoms. The lowest BCUT2D eigenvalue weighted by molar-refractivity contribution is -0.145. The third-order valence-corrected chi connectivity index (χ3v) is 1.80. The van der Waals surface area contributed by atoms with Gasteiger partial charge in [-0.2, -0.15) is 0 Å². The van der Waals surface area contributed by atoms with Crippen LogP contribution in [-0.4, -0.2) is 45.4 Å². The molecule has 102 valence electrons. The first kappa shape index (κ1) is 21.2. The second-order valence-electron chi connectivity index (χ2n) is 3.52. The van der Waals surface area contributed by atoms with Gasteiger partial charge in [-0.15, -0.1) is 0 Å². The van der Waals surface area contributed by atoms with Gasteiger partial charge in [-0.1, -0.05) is 22.3 Å². The third kappa shape index (κ3) is 8.05. The first-order chi connectivity index (χ1) is 6.14. The van der Waals surface area contributed by atoms with Gasteiger partial charge in [0.05, 0.1) is 26.4 Å². The largest absolute Gasteiger partial charge is 0.382 e. The van der Waals surface area contributed by atoms with Gasteiger partial charge in [-0.05, 0) is 13.8 Å². The van der Waals surface area contributed by atoms with Crippen molar-refractivity contribution in [3.63, 3.8) is 0 Å². The first-order valence-electron chi connectivity index (χ1n) is 4.52. The minimum Gasteiger partial charge on any atom is -0.382 e. The highest BCUT2D eigenvalue weighted by molar-refractivity contribution is 4.69. The molecular weight excluding hydrogens is 208 g/mol. The summed E-state index contributed by atoms with van der Waals surface area (Å²) in [5, 5.41) is 0. The zero-order valence-corrected chi connectivity index (χ0v) is 8.54. The van der Waals surface area contributed by atoms with E-state index in [4.69, 9.17) is 18.9 Å². The van der Waals surface area contributed by atoms with Gasteiger partial charge in [0.1, 0.15) is 6.10 Å². The van der Waals surface area contributed by atoms with Crippen molar-refractivity contribution in [2.45, 2.75) is 48.0 Å². The summed E-state index contributed by atoms with van der Waals surface area (Å²) in [5.41, 5.74) is 0. The number of hydrogen-bond donors (Lipinski definition) is 0. The van der Waals surface area contributed by atoms with Crippen molar-refractivity contribution in [3.05, 3.63) is 0 Å². The van der Waals surface area contributed by atoms with Crippen LogP contribution in [0.15, 0.2) is 0 Å². The van der Waals surface area contributed by atoms with Crippen LogP contribution in [0.1, 0.15) is 36.1 Å². The zero-order valence-electron chi connectivity index (χ0n) is 8.54. The third-order valence-electron chi connectivity index (χ3n) is 1.80. The molecule has 4 nitrogen and oxygen atoms in total. The molecule has 1 fully saturated rings. The SMILES string of the molecule is C.C.C.COCCOCC1COC(C)(C)O1. The molecule has 1 aliphatic rings. The molecule has 0 aromatic carbocycles. The van der Waals surface area contributed by atoms with E-state index >= 15 is 0 Å². The topological polar surface area (TPSA) is 36.9 Å². The molecule has 0 amide bonds. The van der Waals surface area contributed by atoms with Gasteiger partial charge in [0.15, 0.2) is 5.79 Å². The summed E-state index contributed by atoms with van der Waals surface area (Å²) in [6.07, 6.45) is 0.0619. The summed E-state index contributed by atoms with van der Waals surface area (Å²) in [4.78, 5) is 0. The summed E-state index contributed by atoms with van der Waals surface area (Å²) in [5.74, 6) is -0.449. The fourth-order valence-corrected chi connectivity index (χ4v) is 1.20. The highest BCUT2D eigenvalue weighted by atomic mass is 16.7. The van der Waals surface area contributed by atoms with Crippen LogP contribution in [0, 0.1) is 0 Å². The van der Waals surface area contributed by atoms with Crippen LogP contribution >= 0.6 is 0 Å².